The van der Waals surface area contributed by atoms with Crippen molar-refractivity contribution < 1.29 is 43.0 Å². The summed E-state index contributed by atoms with van der Waals surface area (Å²) in [6.07, 6.45) is -1.16. The van der Waals surface area contributed by atoms with Gasteiger partial charge in [-0.05, 0) is 0 Å². The molecule has 33 heavy (non-hydrogen) atoms. The van der Waals surface area contributed by atoms with E-state index in [4.69, 9.17) is 14.2 Å². The van der Waals surface area contributed by atoms with Crippen LogP contribution in [0.3, 0.4) is 0 Å². The second kappa shape index (κ2) is 17.3. The van der Waals surface area contributed by atoms with Crippen molar-refractivity contribution >= 4 is 47.9 Å². The number of hydrogen-bond acceptors (Lipinski definition) is 11. The van der Waals surface area contributed by atoms with Crippen molar-refractivity contribution in [2.24, 2.45) is 10.6 Å². The number of rotatable bonds is 15. The number of nitrogens with one attached hydrogen (secondary N) is 4. The van der Waals surface area contributed by atoms with E-state index in [2.05, 4.69) is 31.3 Å². The first-order chi connectivity index (χ1) is 15.7. The van der Waals surface area contributed by atoms with Crippen LogP contribution >= 0.6 is 11.8 Å². The highest BCUT2D eigenvalue weighted by atomic mass is 32.2. The molecule has 0 atom stereocenters. The Labute approximate surface area is 195 Å². The van der Waals surface area contributed by atoms with Gasteiger partial charge in [0, 0.05) is 46.1 Å². The summed E-state index contributed by atoms with van der Waals surface area (Å²) in [5.41, 5.74) is -1.05. The molecule has 0 aromatic carbocycles. The molecule has 0 unspecified atom stereocenters. The van der Waals surface area contributed by atoms with Crippen molar-refractivity contribution in [2.75, 3.05) is 65.6 Å². The molecular formula is C18H31N5O9S. The van der Waals surface area contributed by atoms with E-state index in [0.29, 0.717) is 5.75 Å². The predicted octanol–water partition coefficient (Wildman–Crippen LogP) is -0.518. The summed E-state index contributed by atoms with van der Waals surface area (Å²) in [6.45, 7) is 0.593. The lowest BCUT2D eigenvalue weighted by Crippen LogP contribution is -2.44. The Hall–Kier alpha value is -3.23. The maximum Gasteiger partial charge on any atom is 0.406 e. The van der Waals surface area contributed by atoms with Gasteiger partial charge in [-0.25, -0.2) is 14.4 Å². The fourth-order valence-corrected chi connectivity index (χ4v) is 3.01. The van der Waals surface area contributed by atoms with E-state index < -0.39 is 29.6 Å². The Morgan fingerprint density at radius 1 is 0.879 bits per heavy atom. The van der Waals surface area contributed by atoms with Crippen molar-refractivity contribution in [2.45, 2.75) is 6.92 Å². The number of carbonyl (C=O) groups is 5. The standard InChI is InChI=1S/C18H31N5O9S/c1-13(24)7-23-32-8-14(25)22-5-6-33-12-18(9-29-15(26)19-2,10-30-16(27)20-3)11-31-17(28)21-4/h7H,5-6,8-12H2,1-4H3,(H,19,26)(H,20,27)(H,21,28)(H,22,25)/b23-7-. The minimum atomic E-state index is -1.05. The van der Waals surface area contributed by atoms with E-state index in [1.54, 1.807) is 0 Å². The van der Waals surface area contributed by atoms with E-state index in [1.165, 1.54) is 39.8 Å². The van der Waals surface area contributed by atoms with Gasteiger partial charge in [-0.15, -0.1) is 0 Å². The number of Topliss-reactive ketones (excluding diaryl/α,β-unsaturated/α-hetero) is 1. The number of nitrogens with zero attached hydrogens (tertiary/aromatic N) is 1. The number of thioether (sulfide) groups is 1. The van der Waals surface area contributed by atoms with Crippen molar-refractivity contribution in [1.82, 2.24) is 21.3 Å². The van der Waals surface area contributed by atoms with Crippen LogP contribution in [0.1, 0.15) is 6.92 Å². The van der Waals surface area contributed by atoms with Crippen LogP contribution in [0, 0.1) is 5.41 Å². The zero-order chi connectivity index (χ0) is 25.1. The van der Waals surface area contributed by atoms with Gasteiger partial charge in [0.15, 0.2) is 12.4 Å². The minimum absolute atomic E-state index is 0.206. The lowest BCUT2D eigenvalue weighted by Gasteiger charge is -2.31. The van der Waals surface area contributed by atoms with Gasteiger partial charge in [0.05, 0.1) is 5.41 Å². The van der Waals surface area contributed by atoms with Crippen LogP contribution in [0.5, 0.6) is 0 Å². The first-order valence-electron chi connectivity index (χ1n) is 9.72. The van der Waals surface area contributed by atoms with Gasteiger partial charge in [-0.2, -0.15) is 11.8 Å². The maximum atomic E-state index is 11.7. The highest BCUT2D eigenvalue weighted by Gasteiger charge is 2.36. The Kier molecular flexibility index (Phi) is 15.6. The number of ether oxygens (including phenoxy) is 3. The largest absolute Gasteiger partial charge is 0.449 e. The van der Waals surface area contributed by atoms with E-state index in [9.17, 15) is 24.0 Å². The summed E-state index contributed by atoms with van der Waals surface area (Å²) < 4.78 is 15.4. The molecule has 4 N–H and O–H groups in total. The molecule has 0 aliphatic carbocycles. The molecule has 0 aromatic rings. The van der Waals surface area contributed by atoms with Crippen LogP contribution < -0.4 is 21.3 Å². The highest BCUT2D eigenvalue weighted by molar-refractivity contribution is 7.99. The molecular weight excluding hydrogens is 462 g/mol. The number of carbonyl (C=O) groups excluding carboxylic acids is 5. The van der Waals surface area contributed by atoms with Gasteiger partial charge < -0.3 is 40.3 Å². The van der Waals surface area contributed by atoms with Crippen LogP contribution in [0.25, 0.3) is 0 Å². The van der Waals surface area contributed by atoms with Crippen LogP contribution in [0.4, 0.5) is 14.4 Å². The van der Waals surface area contributed by atoms with Crippen LogP contribution in [-0.2, 0) is 28.6 Å². The maximum absolute atomic E-state index is 11.7. The van der Waals surface area contributed by atoms with Gasteiger partial charge >= 0.3 is 18.3 Å². The van der Waals surface area contributed by atoms with Gasteiger partial charge in [-0.1, -0.05) is 5.16 Å². The third kappa shape index (κ3) is 15.2. The monoisotopic (exact) mass is 493 g/mol. The number of amides is 4. The molecule has 0 bridgehead atoms. The molecule has 0 saturated carbocycles. The van der Waals surface area contributed by atoms with E-state index in [1.807, 2.05) is 0 Å². The second-order valence-corrected chi connectivity index (χ2v) is 7.60. The Bertz CT molecular complexity index is 640. The first-order valence-corrected chi connectivity index (χ1v) is 10.9. The lowest BCUT2D eigenvalue weighted by molar-refractivity contribution is -0.125. The zero-order valence-corrected chi connectivity index (χ0v) is 19.9. The number of oxime groups is 1. The van der Waals surface area contributed by atoms with Crippen molar-refractivity contribution in [3.05, 3.63) is 0 Å². The Morgan fingerprint density at radius 2 is 1.36 bits per heavy atom. The number of alkyl carbamates (subject to hydrolysis) is 3. The average Bonchev–Trinajstić information content (AvgIpc) is 2.81. The summed E-state index contributed by atoms with van der Waals surface area (Å²) >= 11 is 1.35. The fraction of sp³-hybridized carbons (Fsp3) is 0.667. The molecule has 0 spiro atoms. The zero-order valence-electron chi connectivity index (χ0n) is 19.1. The van der Waals surface area contributed by atoms with E-state index in [-0.39, 0.29) is 44.5 Å². The lowest BCUT2D eigenvalue weighted by atomic mass is 9.94. The smallest absolute Gasteiger partial charge is 0.406 e. The summed E-state index contributed by atoms with van der Waals surface area (Å²) in [6, 6.07) is 0. The summed E-state index contributed by atoms with van der Waals surface area (Å²) in [5, 5.41) is 12.9. The van der Waals surface area contributed by atoms with Gasteiger partial charge in [0.25, 0.3) is 5.91 Å². The minimum Gasteiger partial charge on any atom is -0.449 e. The molecule has 15 heteroatoms. The molecule has 0 aromatic heterocycles. The number of ketones is 1. The Balaban J connectivity index is 4.89. The molecule has 0 saturated heterocycles. The summed E-state index contributed by atoms with van der Waals surface area (Å²) in [4.78, 5) is 61.8. The molecule has 4 amide bonds. The first kappa shape index (κ1) is 29.8. The topological polar surface area (TPSA) is 183 Å². The van der Waals surface area contributed by atoms with Crippen molar-refractivity contribution in [1.29, 1.82) is 0 Å². The van der Waals surface area contributed by atoms with Crippen LogP contribution in [0.15, 0.2) is 5.16 Å². The van der Waals surface area contributed by atoms with Gasteiger partial charge in [0.2, 0.25) is 0 Å². The third-order valence-corrected chi connectivity index (χ3v) is 4.93. The summed E-state index contributed by atoms with van der Waals surface area (Å²) in [5.74, 6) is -0.0508. The fourth-order valence-electron chi connectivity index (χ4n) is 1.93. The van der Waals surface area contributed by atoms with Crippen LogP contribution in [-0.4, -0.2) is 102 Å². The van der Waals surface area contributed by atoms with Gasteiger partial charge in [-0.3, -0.25) is 9.59 Å². The molecule has 0 aliphatic rings. The molecule has 0 fully saturated rings. The second-order valence-electron chi connectivity index (χ2n) is 6.50. The van der Waals surface area contributed by atoms with Crippen molar-refractivity contribution in [3.63, 3.8) is 0 Å². The average molecular weight is 494 g/mol. The number of hydrogen-bond donors (Lipinski definition) is 4. The summed E-state index contributed by atoms with van der Waals surface area (Å²) in [7, 11) is 4.16. The third-order valence-electron chi connectivity index (χ3n) is 3.62. The molecule has 0 heterocycles. The normalized spacial score (nSPS) is 10.7. The Morgan fingerprint density at radius 3 is 1.79 bits per heavy atom. The predicted molar refractivity (Wildman–Crippen MR) is 119 cm³/mol. The molecule has 0 rings (SSSR count). The van der Waals surface area contributed by atoms with Gasteiger partial charge in [0.1, 0.15) is 26.0 Å². The highest BCUT2D eigenvalue weighted by Crippen LogP contribution is 2.26. The molecule has 188 valence electrons. The van der Waals surface area contributed by atoms with Crippen molar-refractivity contribution in [3.8, 4) is 0 Å². The van der Waals surface area contributed by atoms with E-state index >= 15 is 0 Å². The molecule has 0 radical (unpaired) electrons. The van der Waals surface area contributed by atoms with E-state index in [0.717, 1.165) is 6.21 Å². The van der Waals surface area contributed by atoms with Crippen LogP contribution in [0.2, 0.25) is 0 Å². The molecule has 0 aliphatic heterocycles. The molecule has 14 nitrogen and oxygen atoms in total. The quantitative estimate of drug-likeness (QED) is 0.100. The SMILES string of the molecule is CNC(=O)OCC(COC(=O)NC)(COC(=O)NC)CSCCNC(=O)CO/N=C\C(C)=O.